The molecule has 5 heteroatoms. The van der Waals surface area contributed by atoms with E-state index in [1.165, 1.54) is 4.88 Å². The third kappa shape index (κ3) is 4.63. The van der Waals surface area contributed by atoms with Gasteiger partial charge in [-0.2, -0.15) is 0 Å². The lowest BCUT2D eigenvalue weighted by Crippen LogP contribution is -2.44. The summed E-state index contributed by atoms with van der Waals surface area (Å²) in [5, 5.41) is 8.89. The van der Waals surface area contributed by atoms with Gasteiger partial charge in [0.15, 0.2) is 5.96 Å². The predicted molar refractivity (Wildman–Crippen MR) is 91.1 cm³/mol. The minimum Gasteiger partial charge on any atom is -0.356 e. The molecular formula is C16H24N4S. The number of hydrogen-bond acceptors (Lipinski definition) is 2. The van der Waals surface area contributed by atoms with E-state index in [9.17, 15) is 0 Å². The molecule has 0 amide bonds. The van der Waals surface area contributed by atoms with Gasteiger partial charge in [0.1, 0.15) is 0 Å². The summed E-state index contributed by atoms with van der Waals surface area (Å²) in [4.78, 5) is 5.67. The topological polar surface area (TPSA) is 41.4 Å². The average molecular weight is 304 g/mol. The van der Waals surface area contributed by atoms with E-state index >= 15 is 0 Å². The van der Waals surface area contributed by atoms with Crippen LogP contribution in [0.5, 0.6) is 0 Å². The molecule has 0 aliphatic rings. The Morgan fingerprint density at radius 1 is 1.24 bits per heavy atom. The highest BCUT2D eigenvalue weighted by Crippen LogP contribution is 2.26. The lowest BCUT2D eigenvalue weighted by molar-refractivity contribution is 0.517. The molecule has 0 aliphatic heterocycles. The van der Waals surface area contributed by atoms with Gasteiger partial charge in [-0.1, -0.05) is 19.9 Å². The van der Waals surface area contributed by atoms with Crippen molar-refractivity contribution < 1.29 is 0 Å². The first-order valence-electron chi connectivity index (χ1n) is 7.21. The molecule has 2 aromatic rings. The predicted octanol–water partition coefficient (Wildman–Crippen LogP) is 2.69. The Balaban J connectivity index is 1.77. The Bertz CT molecular complexity index is 541. The number of aliphatic imine (C=N–C) groups is 1. The van der Waals surface area contributed by atoms with Gasteiger partial charge >= 0.3 is 0 Å². The van der Waals surface area contributed by atoms with Gasteiger partial charge in [-0.05, 0) is 23.6 Å². The van der Waals surface area contributed by atoms with E-state index in [4.69, 9.17) is 0 Å². The first kappa shape index (κ1) is 15.6. The molecule has 2 aromatic heterocycles. The molecular weight excluding hydrogens is 280 g/mol. The SMILES string of the molecule is CN=C(NCCn1cccc1)NCC(C)(C)c1cccs1. The number of aromatic nitrogens is 1. The number of thiophene rings is 1. The molecule has 4 nitrogen and oxygen atoms in total. The Morgan fingerprint density at radius 2 is 2.00 bits per heavy atom. The van der Waals surface area contributed by atoms with Crippen molar-refractivity contribution in [3.05, 3.63) is 46.9 Å². The molecule has 0 saturated heterocycles. The zero-order valence-electron chi connectivity index (χ0n) is 13.0. The summed E-state index contributed by atoms with van der Waals surface area (Å²) in [5.74, 6) is 0.854. The van der Waals surface area contributed by atoms with Crippen LogP contribution in [0.1, 0.15) is 18.7 Å². The standard InChI is InChI=1S/C16H24N4S/c1-16(2,14-7-6-12-21-14)13-19-15(17-3)18-8-11-20-9-4-5-10-20/h4-7,9-10,12H,8,11,13H2,1-3H3,(H2,17,18,19). The van der Waals surface area contributed by atoms with Crippen molar-refractivity contribution in [2.45, 2.75) is 25.8 Å². The number of rotatable bonds is 6. The van der Waals surface area contributed by atoms with Crippen molar-refractivity contribution in [3.8, 4) is 0 Å². The van der Waals surface area contributed by atoms with E-state index in [0.29, 0.717) is 0 Å². The van der Waals surface area contributed by atoms with Crippen LogP contribution in [0.3, 0.4) is 0 Å². The smallest absolute Gasteiger partial charge is 0.191 e. The Morgan fingerprint density at radius 3 is 2.62 bits per heavy atom. The lowest BCUT2D eigenvalue weighted by atomic mass is 9.91. The zero-order chi connectivity index (χ0) is 15.1. The first-order chi connectivity index (χ1) is 10.1. The van der Waals surface area contributed by atoms with E-state index in [1.807, 2.05) is 19.2 Å². The molecule has 2 heterocycles. The van der Waals surface area contributed by atoms with E-state index < -0.39 is 0 Å². The van der Waals surface area contributed by atoms with Crippen LogP contribution in [-0.4, -0.2) is 30.7 Å². The summed E-state index contributed by atoms with van der Waals surface area (Å²) in [7, 11) is 1.81. The minimum atomic E-state index is 0.103. The van der Waals surface area contributed by atoms with Gasteiger partial charge in [-0.3, -0.25) is 4.99 Å². The Hall–Kier alpha value is -1.75. The molecule has 0 atom stereocenters. The fourth-order valence-electron chi connectivity index (χ4n) is 2.10. The van der Waals surface area contributed by atoms with Crippen LogP contribution in [0, 0.1) is 0 Å². The molecule has 0 radical (unpaired) electrons. The Kier molecular flexibility index (Phi) is 5.44. The summed E-state index contributed by atoms with van der Waals surface area (Å²) >= 11 is 1.80. The van der Waals surface area contributed by atoms with Crippen molar-refractivity contribution in [2.24, 2.45) is 4.99 Å². The molecule has 0 fully saturated rings. The molecule has 114 valence electrons. The van der Waals surface area contributed by atoms with Crippen molar-refractivity contribution in [1.29, 1.82) is 0 Å². The van der Waals surface area contributed by atoms with Crippen molar-refractivity contribution >= 4 is 17.3 Å². The van der Waals surface area contributed by atoms with Crippen molar-refractivity contribution in [3.63, 3.8) is 0 Å². The van der Waals surface area contributed by atoms with Crippen LogP contribution in [0.15, 0.2) is 47.0 Å². The molecule has 0 aromatic carbocycles. The molecule has 2 rings (SSSR count). The molecule has 0 spiro atoms. The summed E-state index contributed by atoms with van der Waals surface area (Å²) < 4.78 is 2.15. The van der Waals surface area contributed by atoms with Gasteiger partial charge in [0.2, 0.25) is 0 Å². The summed E-state index contributed by atoms with van der Waals surface area (Å²) in [6.07, 6.45) is 4.13. The van der Waals surface area contributed by atoms with E-state index in [2.05, 4.69) is 63.9 Å². The summed E-state index contributed by atoms with van der Waals surface area (Å²) in [6.45, 7) is 7.14. The zero-order valence-corrected chi connectivity index (χ0v) is 13.8. The van der Waals surface area contributed by atoms with Crippen LogP contribution < -0.4 is 10.6 Å². The maximum atomic E-state index is 4.28. The largest absolute Gasteiger partial charge is 0.356 e. The van der Waals surface area contributed by atoms with Gasteiger partial charge in [-0.15, -0.1) is 11.3 Å². The lowest BCUT2D eigenvalue weighted by Gasteiger charge is -2.25. The average Bonchev–Trinajstić information content (AvgIpc) is 3.15. The number of hydrogen-bond donors (Lipinski definition) is 2. The number of nitrogens with one attached hydrogen (secondary N) is 2. The van der Waals surface area contributed by atoms with E-state index in [1.54, 1.807) is 11.3 Å². The summed E-state index contributed by atoms with van der Waals surface area (Å²) in [6, 6.07) is 8.37. The molecule has 0 bridgehead atoms. The highest BCUT2D eigenvalue weighted by Gasteiger charge is 2.21. The van der Waals surface area contributed by atoms with Crippen LogP contribution in [0.4, 0.5) is 0 Å². The van der Waals surface area contributed by atoms with Crippen molar-refractivity contribution in [2.75, 3.05) is 20.1 Å². The number of nitrogens with zero attached hydrogens (tertiary/aromatic N) is 2. The Labute approximate surface area is 130 Å². The van der Waals surface area contributed by atoms with Crippen LogP contribution >= 0.6 is 11.3 Å². The third-order valence-electron chi connectivity index (χ3n) is 3.44. The quantitative estimate of drug-likeness (QED) is 0.636. The highest BCUT2D eigenvalue weighted by atomic mass is 32.1. The van der Waals surface area contributed by atoms with Crippen LogP contribution in [0.2, 0.25) is 0 Å². The fraction of sp³-hybridized carbons (Fsp3) is 0.438. The molecule has 0 aliphatic carbocycles. The maximum Gasteiger partial charge on any atom is 0.191 e. The van der Waals surface area contributed by atoms with Crippen LogP contribution in [0.25, 0.3) is 0 Å². The minimum absolute atomic E-state index is 0.103. The first-order valence-corrected chi connectivity index (χ1v) is 8.09. The van der Waals surface area contributed by atoms with Gasteiger partial charge < -0.3 is 15.2 Å². The maximum absolute atomic E-state index is 4.28. The molecule has 0 saturated carbocycles. The second-order valence-corrected chi connectivity index (χ2v) is 6.58. The number of guanidine groups is 1. The molecule has 0 unspecified atom stereocenters. The van der Waals surface area contributed by atoms with E-state index in [0.717, 1.165) is 25.6 Å². The highest BCUT2D eigenvalue weighted by molar-refractivity contribution is 7.10. The van der Waals surface area contributed by atoms with E-state index in [-0.39, 0.29) is 5.41 Å². The second kappa shape index (κ2) is 7.31. The normalized spacial score (nSPS) is 12.4. The van der Waals surface area contributed by atoms with Gasteiger partial charge in [-0.25, -0.2) is 0 Å². The van der Waals surface area contributed by atoms with Gasteiger partial charge in [0.25, 0.3) is 0 Å². The van der Waals surface area contributed by atoms with Crippen molar-refractivity contribution in [1.82, 2.24) is 15.2 Å². The second-order valence-electron chi connectivity index (χ2n) is 5.63. The third-order valence-corrected chi connectivity index (χ3v) is 4.67. The van der Waals surface area contributed by atoms with Crippen LogP contribution in [-0.2, 0) is 12.0 Å². The monoisotopic (exact) mass is 304 g/mol. The molecule has 21 heavy (non-hydrogen) atoms. The molecule has 2 N–H and O–H groups in total. The summed E-state index contributed by atoms with van der Waals surface area (Å²) in [5.41, 5.74) is 0.103. The fourth-order valence-corrected chi connectivity index (χ4v) is 2.95. The van der Waals surface area contributed by atoms with Gasteiger partial charge in [0, 0.05) is 49.4 Å². The van der Waals surface area contributed by atoms with Gasteiger partial charge in [0.05, 0.1) is 0 Å².